The van der Waals surface area contributed by atoms with Crippen molar-refractivity contribution in [1.82, 2.24) is 0 Å². The SMILES string of the molecule is N#CC(=CO)c1ccc(O)cc1.[Na]. The molecule has 0 aliphatic heterocycles. The fourth-order valence-corrected chi connectivity index (χ4v) is 0.809. The number of rotatable bonds is 1. The summed E-state index contributed by atoms with van der Waals surface area (Å²) >= 11 is 0. The Bertz CT molecular complexity index is 338. The number of benzene rings is 1. The van der Waals surface area contributed by atoms with E-state index < -0.39 is 0 Å². The van der Waals surface area contributed by atoms with Gasteiger partial charge in [-0.3, -0.25) is 0 Å². The molecule has 0 aliphatic carbocycles. The van der Waals surface area contributed by atoms with Gasteiger partial charge in [-0.15, -0.1) is 0 Å². The van der Waals surface area contributed by atoms with Crippen LogP contribution in [0.25, 0.3) is 5.57 Å². The number of nitriles is 1. The van der Waals surface area contributed by atoms with Gasteiger partial charge in [0.05, 0.1) is 11.8 Å². The quantitative estimate of drug-likeness (QED) is 0.394. The zero-order chi connectivity index (χ0) is 8.97. The van der Waals surface area contributed by atoms with Gasteiger partial charge in [-0.05, 0) is 29.8 Å². The van der Waals surface area contributed by atoms with Gasteiger partial charge >= 0.3 is 0 Å². The first-order valence-corrected chi connectivity index (χ1v) is 3.32. The molecule has 0 amide bonds. The summed E-state index contributed by atoms with van der Waals surface area (Å²) in [5, 5.41) is 26.0. The number of phenols is 1. The number of hydrogen-bond donors (Lipinski definition) is 2. The Kier molecular flexibility index (Phi) is 5.24. The standard InChI is InChI=1S/C9H7NO2.Na/c10-5-8(6-11)7-1-3-9(12)4-2-7;/h1-4,6,11-12H;. The van der Waals surface area contributed by atoms with Crippen LogP contribution in [-0.4, -0.2) is 39.8 Å². The second kappa shape index (κ2) is 5.65. The van der Waals surface area contributed by atoms with E-state index in [0.29, 0.717) is 5.56 Å². The fraction of sp³-hybridized carbons (Fsp3) is 0. The Morgan fingerprint density at radius 1 is 1.31 bits per heavy atom. The normalized spacial score (nSPS) is 9.92. The summed E-state index contributed by atoms with van der Waals surface area (Å²) in [4.78, 5) is 0. The molecule has 3 nitrogen and oxygen atoms in total. The Morgan fingerprint density at radius 3 is 2.23 bits per heavy atom. The molecule has 0 heterocycles. The average molecular weight is 184 g/mol. The number of aliphatic hydroxyl groups is 1. The molecule has 1 aromatic rings. The van der Waals surface area contributed by atoms with Gasteiger partial charge in [0.25, 0.3) is 0 Å². The largest absolute Gasteiger partial charge is 0.514 e. The van der Waals surface area contributed by atoms with Gasteiger partial charge in [-0.1, -0.05) is 0 Å². The van der Waals surface area contributed by atoms with Crippen molar-refractivity contribution in [2.75, 3.05) is 0 Å². The van der Waals surface area contributed by atoms with E-state index in [1.807, 2.05) is 6.07 Å². The van der Waals surface area contributed by atoms with Crippen LogP contribution in [0.5, 0.6) is 5.75 Å². The van der Waals surface area contributed by atoms with Crippen molar-refractivity contribution >= 4 is 35.1 Å². The Balaban J connectivity index is 0.00000144. The molecule has 0 saturated heterocycles. The molecule has 1 aromatic carbocycles. The molecular formula is C9H7NNaO2. The minimum atomic E-state index is 0. The summed E-state index contributed by atoms with van der Waals surface area (Å²) in [5.74, 6) is 0.133. The second-order valence-corrected chi connectivity index (χ2v) is 2.20. The summed E-state index contributed by atoms with van der Waals surface area (Å²) < 4.78 is 0. The summed E-state index contributed by atoms with van der Waals surface area (Å²) in [6, 6.07) is 7.84. The summed E-state index contributed by atoms with van der Waals surface area (Å²) in [6.45, 7) is 0. The average Bonchev–Trinajstić information content (AvgIpc) is 2.10. The van der Waals surface area contributed by atoms with Crippen molar-refractivity contribution in [1.29, 1.82) is 5.26 Å². The van der Waals surface area contributed by atoms with Gasteiger partial charge in [0.2, 0.25) is 0 Å². The van der Waals surface area contributed by atoms with Crippen LogP contribution < -0.4 is 0 Å². The molecule has 0 atom stereocenters. The van der Waals surface area contributed by atoms with Crippen molar-refractivity contribution in [2.24, 2.45) is 0 Å². The molecule has 0 bridgehead atoms. The predicted octanol–water partition coefficient (Wildman–Crippen LogP) is 1.43. The molecule has 0 spiro atoms. The molecule has 0 unspecified atom stereocenters. The molecule has 61 valence electrons. The maximum Gasteiger partial charge on any atom is 0.115 e. The molecule has 13 heavy (non-hydrogen) atoms. The van der Waals surface area contributed by atoms with Gasteiger partial charge in [-0.2, -0.15) is 5.26 Å². The van der Waals surface area contributed by atoms with E-state index in [4.69, 9.17) is 15.5 Å². The monoisotopic (exact) mass is 184 g/mol. The molecule has 2 N–H and O–H groups in total. The van der Waals surface area contributed by atoms with Gasteiger partial charge < -0.3 is 10.2 Å². The van der Waals surface area contributed by atoms with Gasteiger partial charge in [-0.25, -0.2) is 0 Å². The van der Waals surface area contributed by atoms with Gasteiger partial charge in [0.1, 0.15) is 11.8 Å². The van der Waals surface area contributed by atoms with Crippen molar-refractivity contribution in [3.05, 3.63) is 36.1 Å². The van der Waals surface area contributed by atoms with Crippen LogP contribution >= 0.6 is 0 Å². The molecule has 0 aromatic heterocycles. The van der Waals surface area contributed by atoms with Crippen LogP contribution in [0.4, 0.5) is 0 Å². The van der Waals surface area contributed by atoms with E-state index in [1.54, 1.807) is 12.1 Å². The molecule has 0 aliphatic rings. The molecule has 0 fully saturated rings. The number of aliphatic hydroxyl groups excluding tert-OH is 1. The number of phenolic OH excluding ortho intramolecular Hbond substituents is 1. The first-order valence-electron chi connectivity index (χ1n) is 3.32. The van der Waals surface area contributed by atoms with Crippen LogP contribution in [0, 0.1) is 11.3 Å². The topological polar surface area (TPSA) is 64.2 Å². The van der Waals surface area contributed by atoms with Crippen LogP contribution in [0.15, 0.2) is 30.5 Å². The van der Waals surface area contributed by atoms with E-state index in [0.717, 1.165) is 6.26 Å². The number of allylic oxidation sites excluding steroid dienone is 1. The molecule has 1 radical (unpaired) electrons. The van der Waals surface area contributed by atoms with Crippen molar-refractivity contribution in [2.45, 2.75) is 0 Å². The molecule has 4 heteroatoms. The van der Waals surface area contributed by atoms with E-state index in [1.165, 1.54) is 12.1 Å². The summed E-state index contributed by atoms with van der Waals surface area (Å²) in [7, 11) is 0. The van der Waals surface area contributed by atoms with Gasteiger partial charge in [0.15, 0.2) is 0 Å². The van der Waals surface area contributed by atoms with Crippen LogP contribution in [-0.2, 0) is 0 Å². The third-order valence-corrected chi connectivity index (χ3v) is 1.43. The maximum atomic E-state index is 8.92. The minimum Gasteiger partial charge on any atom is -0.514 e. The molecule has 0 saturated carbocycles. The third kappa shape index (κ3) is 3.11. The maximum absolute atomic E-state index is 8.92. The van der Waals surface area contributed by atoms with E-state index in [9.17, 15) is 0 Å². The molecular weight excluding hydrogens is 177 g/mol. The van der Waals surface area contributed by atoms with E-state index in [2.05, 4.69) is 0 Å². The Morgan fingerprint density at radius 2 is 1.85 bits per heavy atom. The van der Waals surface area contributed by atoms with Crippen molar-refractivity contribution in [3.63, 3.8) is 0 Å². The number of hydrogen-bond acceptors (Lipinski definition) is 3. The fourth-order valence-electron chi connectivity index (χ4n) is 0.809. The van der Waals surface area contributed by atoms with Crippen molar-refractivity contribution in [3.8, 4) is 11.8 Å². The van der Waals surface area contributed by atoms with Crippen molar-refractivity contribution < 1.29 is 10.2 Å². The van der Waals surface area contributed by atoms with E-state index in [-0.39, 0.29) is 40.9 Å². The number of nitrogens with zero attached hydrogens (tertiary/aromatic N) is 1. The van der Waals surface area contributed by atoms with Crippen LogP contribution in [0.3, 0.4) is 0 Å². The second-order valence-electron chi connectivity index (χ2n) is 2.20. The Hall–Kier alpha value is -0.950. The minimum absolute atomic E-state index is 0. The van der Waals surface area contributed by atoms with E-state index >= 15 is 0 Å². The zero-order valence-electron chi connectivity index (χ0n) is 7.23. The number of aromatic hydroxyl groups is 1. The first-order chi connectivity index (χ1) is 5.77. The third-order valence-electron chi connectivity index (χ3n) is 1.43. The smallest absolute Gasteiger partial charge is 0.115 e. The van der Waals surface area contributed by atoms with Crippen LogP contribution in [0.2, 0.25) is 0 Å². The summed E-state index contributed by atoms with van der Waals surface area (Å²) in [5.41, 5.74) is 0.757. The summed E-state index contributed by atoms with van der Waals surface area (Å²) in [6.07, 6.45) is 0.742. The van der Waals surface area contributed by atoms with Crippen LogP contribution in [0.1, 0.15) is 5.56 Å². The Labute approximate surface area is 98.2 Å². The zero-order valence-corrected chi connectivity index (χ0v) is 9.23. The first kappa shape index (κ1) is 12.0. The predicted molar refractivity (Wildman–Crippen MR) is 50.1 cm³/mol. The van der Waals surface area contributed by atoms with Gasteiger partial charge in [0, 0.05) is 29.6 Å². The molecule has 1 rings (SSSR count).